The lowest BCUT2D eigenvalue weighted by atomic mass is 10.2. The van der Waals surface area contributed by atoms with E-state index in [1.807, 2.05) is 6.92 Å². The van der Waals surface area contributed by atoms with Gasteiger partial charge < -0.3 is 11.1 Å². The quantitative estimate of drug-likeness (QED) is 0.847. The zero-order valence-electron chi connectivity index (χ0n) is 9.91. The third-order valence-corrected chi connectivity index (χ3v) is 3.19. The Balaban J connectivity index is 2.29. The molecular weight excluding hydrogens is 274 g/mol. The van der Waals surface area contributed by atoms with E-state index in [0.717, 1.165) is 17.6 Å². The predicted octanol–water partition coefficient (Wildman–Crippen LogP) is 2.21. The van der Waals surface area contributed by atoms with Crippen LogP contribution in [0.4, 0.5) is 20.2 Å². The SMILES string of the molecule is CCc1nnsc1C(=O)Nc1c(N)cc(F)cc1F. The first kappa shape index (κ1) is 13.3. The molecule has 1 aromatic carbocycles. The number of nitrogen functional groups attached to an aromatic ring is 1. The fraction of sp³-hybridized carbons (Fsp3) is 0.182. The van der Waals surface area contributed by atoms with Crippen molar-refractivity contribution in [2.24, 2.45) is 0 Å². The number of aryl methyl sites for hydroxylation is 1. The normalized spacial score (nSPS) is 10.5. The number of halogens is 2. The van der Waals surface area contributed by atoms with E-state index < -0.39 is 17.5 Å². The number of carbonyl (C=O) groups is 1. The summed E-state index contributed by atoms with van der Waals surface area (Å²) in [6.45, 7) is 1.82. The van der Waals surface area contributed by atoms with Gasteiger partial charge in [-0.05, 0) is 24.0 Å². The van der Waals surface area contributed by atoms with E-state index in [9.17, 15) is 13.6 Å². The Kier molecular flexibility index (Phi) is 3.70. The maximum absolute atomic E-state index is 13.5. The first-order chi connectivity index (χ1) is 9.02. The van der Waals surface area contributed by atoms with Gasteiger partial charge in [0.15, 0.2) is 5.82 Å². The van der Waals surface area contributed by atoms with Crippen molar-refractivity contribution in [3.63, 3.8) is 0 Å². The second kappa shape index (κ2) is 5.27. The highest BCUT2D eigenvalue weighted by Crippen LogP contribution is 2.25. The largest absolute Gasteiger partial charge is 0.397 e. The molecule has 0 radical (unpaired) electrons. The van der Waals surface area contributed by atoms with Crippen molar-refractivity contribution < 1.29 is 13.6 Å². The van der Waals surface area contributed by atoms with Crippen molar-refractivity contribution in [1.82, 2.24) is 9.59 Å². The molecule has 0 aliphatic heterocycles. The molecule has 0 aliphatic carbocycles. The van der Waals surface area contributed by atoms with Crippen molar-refractivity contribution in [3.8, 4) is 0 Å². The molecule has 2 rings (SSSR count). The minimum absolute atomic E-state index is 0.179. The van der Waals surface area contributed by atoms with E-state index in [2.05, 4.69) is 14.9 Å². The van der Waals surface area contributed by atoms with Gasteiger partial charge in [-0.2, -0.15) is 0 Å². The zero-order valence-corrected chi connectivity index (χ0v) is 10.7. The summed E-state index contributed by atoms with van der Waals surface area (Å²) in [5.41, 5.74) is 5.56. The van der Waals surface area contributed by atoms with E-state index in [4.69, 9.17) is 5.73 Å². The second-order valence-electron chi connectivity index (χ2n) is 3.71. The highest BCUT2D eigenvalue weighted by atomic mass is 32.1. The van der Waals surface area contributed by atoms with E-state index >= 15 is 0 Å². The molecule has 1 heterocycles. The summed E-state index contributed by atoms with van der Waals surface area (Å²) in [7, 11) is 0. The molecule has 100 valence electrons. The first-order valence-corrected chi connectivity index (χ1v) is 6.17. The number of amides is 1. The number of benzene rings is 1. The van der Waals surface area contributed by atoms with Crippen LogP contribution in [0.5, 0.6) is 0 Å². The summed E-state index contributed by atoms with van der Waals surface area (Å²) in [5, 5.41) is 6.09. The van der Waals surface area contributed by atoms with Crippen LogP contribution in [0, 0.1) is 11.6 Å². The van der Waals surface area contributed by atoms with E-state index in [-0.39, 0.29) is 16.3 Å². The Bertz CT molecular complexity index is 606. The Hall–Kier alpha value is -2.09. The number of anilines is 2. The Morgan fingerprint density at radius 2 is 2.21 bits per heavy atom. The molecule has 0 atom stereocenters. The van der Waals surface area contributed by atoms with Crippen LogP contribution in [0.15, 0.2) is 12.1 Å². The van der Waals surface area contributed by atoms with Crippen LogP contribution < -0.4 is 11.1 Å². The number of rotatable bonds is 3. The molecule has 0 unspecified atom stereocenters. The lowest BCUT2D eigenvalue weighted by molar-refractivity contribution is 0.102. The number of nitrogens with two attached hydrogens (primary N) is 1. The summed E-state index contributed by atoms with van der Waals surface area (Å²) >= 11 is 0.906. The van der Waals surface area contributed by atoms with Crippen LogP contribution in [-0.4, -0.2) is 15.5 Å². The molecule has 0 spiro atoms. The molecule has 0 saturated carbocycles. The van der Waals surface area contributed by atoms with Gasteiger partial charge in [0.1, 0.15) is 16.4 Å². The molecule has 1 amide bonds. The van der Waals surface area contributed by atoms with Crippen molar-refractivity contribution in [2.75, 3.05) is 11.1 Å². The minimum Gasteiger partial charge on any atom is -0.397 e. The number of hydrogen-bond donors (Lipinski definition) is 2. The summed E-state index contributed by atoms with van der Waals surface area (Å²) in [5.74, 6) is -2.30. The molecule has 2 aromatic rings. The van der Waals surface area contributed by atoms with Crippen LogP contribution in [-0.2, 0) is 6.42 Å². The van der Waals surface area contributed by atoms with Gasteiger partial charge >= 0.3 is 0 Å². The minimum atomic E-state index is -0.929. The fourth-order valence-electron chi connectivity index (χ4n) is 1.51. The predicted molar refractivity (Wildman–Crippen MR) is 68.0 cm³/mol. The Morgan fingerprint density at radius 1 is 1.47 bits per heavy atom. The lowest BCUT2D eigenvalue weighted by Crippen LogP contribution is -2.15. The maximum Gasteiger partial charge on any atom is 0.269 e. The number of aromatic nitrogens is 2. The Morgan fingerprint density at radius 3 is 2.84 bits per heavy atom. The van der Waals surface area contributed by atoms with E-state index in [1.165, 1.54) is 0 Å². The molecule has 19 heavy (non-hydrogen) atoms. The van der Waals surface area contributed by atoms with Crippen molar-refractivity contribution >= 4 is 28.8 Å². The number of nitrogens with zero attached hydrogens (tertiary/aromatic N) is 2. The van der Waals surface area contributed by atoms with Gasteiger partial charge in [0.2, 0.25) is 0 Å². The summed E-state index contributed by atoms with van der Waals surface area (Å²) in [4.78, 5) is 12.2. The van der Waals surface area contributed by atoms with Gasteiger partial charge in [0, 0.05) is 6.07 Å². The second-order valence-corrected chi connectivity index (χ2v) is 4.46. The Labute approximate surface area is 111 Å². The molecule has 0 saturated heterocycles. The average molecular weight is 284 g/mol. The summed E-state index contributed by atoms with van der Waals surface area (Å²) < 4.78 is 30.1. The fourth-order valence-corrected chi connectivity index (χ4v) is 2.15. The molecule has 3 N–H and O–H groups in total. The molecule has 5 nitrogen and oxygen atoms in total. The number of nitrogens with one attached hydrogen (secondary N) is 1. The molecule has 1 aromatic heterocycles. The smallest absolute Gasteiger partial charge is 0.269 e. The summed E-state index contributed by atoms with van der Waals surface area (Å²) in [6.07, 6.45) is 0.528. The van der Waals surface area contributed by atoms with Gasteiger partial charge in [0.25, 0.3) is 5.91 Å². The van der Waals surface area contributed by atoms with Gasteiger partial charge in [0.05, 0.1) is 11.4 Å². The molecular formula is C11H10F2N4OS. The van der Waals surface area contributed by atoms with Crippen LogP contribution >= 0.6 is 11.5 Å². The third-order valence-electron chi connectivity index (χ3n) is 2.42. The first-order valence-electron chi connectivity index (χ1n) is 5.40. The van der Waals surface area contributed by atoms with Gasteiger partial charge in [-0.15, -0.1) is 5.10 Å². The van der Waals surface area contributed by atoms with Crippen molar-refractivity contribution in [3.05, 3.63) is 34.3 Å². The molecule has 0 bridgehead atoms. The standard InChI is InChI=1S/C11H10F2N4OS/c1-2-8-10(19-17-16-8)11(18)15-9-6(13)3-5(12)4-7(9)14/h3-4H,2,14H2,1H3,(H,15,18). The number of carbonyl (C=O) groups excluding carboxylic acids is 1. The highest BCUT2D eigenvalue weighted by molar-refractivity contribution is 7.08. The maximum atomic E-state index is 13.5. The number of hydrogen-bond acceptors (Lipinski definition) is 5. The van der Waals surface area contributed by atoms with Gasteiger partial charge in [-0.25, -0.2) is 8.78 Å². The highest BCUT2D eigenvalue weighted by Gasteiger charge is 2.18. The van der Waals surface area contributed by atoms with Crippen LogP contribution in [0.25, 0.3) is 0 Å². The van der Waals surface area contributed by atoms with Crippen LogP contribution in [0.2, 0.25) is 0 Å². The lowest BCUT2D eigenvalue weighted by Gasteiger charge is -2.08. The zero-order chi connectivity index (χ0) is 14.0. The third kappa shape index (κ3) is 2.68. The monoisotopic (exact) mass is 284 g/mol. The molecule has 0 aliphatic rings. The van der Waals surface area contributed by atoms with Crippen molar-refractivity contribution in [1.29, 1.82) is 0 Å². The molecule has 8 heteroatoms. The van der Waals surface area contributed by atoms with E-state index in [0.29, 0.717) is 18.2 Å². The van der Waals surface area contributed by atoms with E-state index in [1.54, 1.807) is 0 Å². The van der Waals surface area contributed by atoms with Crippen LogP contribution in [0.1, 0.15) is 22.3 Å². The van der Waals surface area contributed by atoms with Crippen LogP contribution in [0.3, 0.4) is 0 Å². The van der Waals surface area contributed by atoms with Crippen molar-refractivity contribution in [2.45, 2.75) is 13.3 Å². The van der Waals surface area contributed by atoms with Gasteiger partial charge in [-0.3, -0.25) is 4.79 Å². The topological polar surface area (TPSA) is 80.9 Å². The molecule has 0 fully saturated rings. The van der Waals surface area contributed by atoms with Gasteiger partial charge in [-0.1, -0.05) is 11.4 Å². The summed E-state index contributed by atoms with van der Waals surface area (Å²) in [6, 6.07) is 1.59. The average Bonchev–Trinajstić information content (AvgIpc) is 2.81.